The molecule has 4 rings (SSSR count). The molecule has 1 aromatic carbocycles. The van der Waals surface area contributed by atoms with Crippen molar-refractivity contribution in [2.75, 3.05) is 10.2 Å². The summed E-state index contributed by atoms with van der Waals surface area (Å²) in [6, 6.07) is 8.36. The van der Waals surface area contributed by atoms with Crippen LogP contribution in [0.5, 0.6) is 0 Å². The highest BCUT2D eigenvalue weighted by molar-refractivity contribution is 6.05. The predicted octanol–water partition coefficient (Wildman–Crippen LogP) is 1.17. The summed E-state index contributed by atoms with van der Waals surface area (Å²) in [6.45, 7) is 1.32. The molecule has 2 aliphatic rings. The number of anilines is 2. The van der Waals surface area contributed by atoms with Gasteiger partial charge in [0, 0.05) is 36.8 Å². The van der Waals surface area contributed by atoms with Gasteiger partial charge in [-0.15, -0.1) is 0 Å². The summed E-state index contributed by atoms with van der Waals surface area (Å²) in [5.41, 5.74) is 11.7. The molecule has 10 heteroatoms. The topological polar surface area (TPSA) is 161 Å². The van der Waals surface area contributed by atoms with Crippen molar-refractivity contribution in [3.05, 3.63) is 53.2 Å². The molecule has 2 fully saturated rings. The quantitative estimate of drug-likeness (QED) is 0.517. The van der Waals surface area contributed by atoms with Crippen LogP contribution in [0.1, 0.15) is 63.7 Å². The zero-order valence-electron chi connectivity index (χ0n) is 18.2. The highest BCUT2D eigenvalue weighted by atomic mass is 16.2. The standard InChI is InChI=1S/C23H26N6O4/c1-12(30)27-19-8-13(2-6-18(19)22(25)32)23(33)28-15-9-16-4-5-17(10-15)29(16)20-7-3-14(11-26-20)21(24)31/h2-3,6-8,11,15-17H,4-5,9-10H2,1H3,(H2,24,31)(H2,25,32)(H,27,30)(H,28,33). The molecule has 0 radical (unpaired) electrons. The number of nitrogens with zero attached hydrogens (tertiary/aromatic N) is 2. The minimum atomic E-state index is -0.688. The molecule has 1 aromatic heterocycles. The Hall–Kier alpha value is -3.95. The Morgan fingerprint density at radius 1 is 0.970 bits per heavy atom. The number of amides is 4. The monoisotopic (exact) mass is 450 g/mol. The number of carbonyl (C=O) groups is 4. The molecule has 2 saturated heterocycles. The van der Waals surface area contributed by atoms with E-state index in [9.17, 15) is 19.2 Å². The molecule has 2 atom stereocenters. The second kappa shape index (κ2) is 8.89. The Morgan fingerprint density at radius 3 is 2.18 bits per heavy atom. The number of hydrogen-bond donors (Lipinski definition) is 4. The van der Waals surface area contributed by atoms with Crippen molar-refractivity contribution >= 4 is 35.1 Å². The lowest BCUT2D eigenvalue weighted by atomic mass is 9.96. The van der Waals surface area contributed by atoms with Crippen molar-refractivity contribution in [1.82, 2.24) is 10.3 Å². The van der Waals surface area contributed by atoms with Crippen molar-refractivity contribution < 1.29 is 19.2 Å². The second-order valence-electron chi connectivity index (χ2n) is 8.51. The number of piperidine rings is 1. The molecule has 0 aliphatic carbocycles. The lowest BCUT2D eigenvalue weighted by Crippen LogP contribution is -2.50. The first-order valence-corrected chi connectivity index (χ1v) is 10.8. The predicted molar refractivity (Wildman–Crippen MR) is 122 cm³/mol. The Morgan fingerprint density at radius 2 is 1.64 bits per heavy atom. The van der Waals surface area contributed by atoms with Gasteiger partial charge in [0.2, 0.25) is 11.8 Å². The number of nitrogens with two attached hydrogens (primary N) is 2. The van der Waals surface area contributed by atoms with E-state index in [0.717, 1.165) is 31.5 Å². The fraction of sp³-hybridized carbons (Fsp3) is 0.348. The van der Waals surface area contributed by atoms with E-state index in [0.29, 0.717) is 11.1 Å². The van der Waals surface area contributed by atoms with Gasteiger partial charge >= 0.3 is 0 Å². The maximum Gasteiger partial charge on any atom is 0.251 e. The maximum atomic E-state index is 12.9. The molecular formula is C23H26N6O4. The molecule has 0 saturated carbocycles. The number of nitrogens with one attached hydrogen (secondary N) is 2. The third kappa shape index (κ3) is 4.64. The fourth-order valence-electron chi connectivity index (χ4n) is 4.82. The van der Waals surface area contributed by atoms with Crippen molar-refractivity contribution in [1.29, 1.82) is 0 Å². The Bertz CT molecular complexity index is 1100. The van der Waals surface area contributed by atoms with E-state index < -0.39 is 11.8 Å². The number of hydrogen-bond acceptors (Lipinski definition) is 6. The van der Waals surface area contributed by atoms with E-state index >= 15 is 0 Å². The van der Waals surface area contributed by atoms with Crippen LogP contribution < -0.4 is 27.0 Å². The third-order valence-electron chi connectivity index (χ3n) is 6.22. The summed E-state index contributed by atoms with van der Waals surface area (Å²) in [7, 11) is 0. The first-order chi connectivity index (χ1) is 15.7. The van der Waals surface area contributed by atoms with Crippen LogP contribution in [0.15, 0.2) is 36.5 Å². The van der Waals surface area contributed by atoms with Crippen LogP contribution in [-0.4, -0.2) is 46.7 Å². The maximum absolute atomic E-state index is 12.9. The number of fused-ring (bicyclic) bond motifs is 2. The molecule has 33 heavy (non-hydrogen) atoms. The van der Waals surface area contributed by atoms with Crippen molar-refractivity contribution in [3.63, 3.8) is 0 Å². The number of pyridine rings is 1. The smallest absolute Gasteiger partial charge is 0.251 e. The minimum absolute atomic E-state index is 0.0174. The van der Waals surface area contributed by atoms with E-state index in [4.69, 9.17) is 11.5 Å². The zero-order chi connectivity index (χ0) is 23.7. The van der Waals surface area contributed by atoms with Gasteiger partial charge in [0.15, 0.2) is 0 Å². The SMILES string of the molecule is CC(=O)Nc1cc(C(=O)NC2CC3CCC(C2)N3c2ccc(C(N)=O)cn2)ccc1C(N)=O. The highest BCUT2D eigenvalue weighted by Gasteiger charge is 2.41. The lowest BCUT2D eigenvalue weighted by Gasteiger charge is -2.40. The van der Waals surface area contributed by atoms with Gasteiger partial charge in [-0.2, -0.15) is 0 Å². The molecule has 10 nitrogen and oxygen atoms in total. The van der Waals surface area contributed by atoms with Crippen molar-refractivity contribution in [3.8, 4) is 0 Å². The Kier molecular flexibility index (Phi) is 5.99. The van der Waals surface area contributed by atoms with Gasteiger partial charge in [0.05, 0.1) is 16.8 Å². The average Bonchev–Trinajstić information content (AvgIpc) is 3.03. The van der Waals surface area contributed by atoms with Crippen molar-refractivity contribution in [2.24, 2.45) is 11.5 Å². The average molecular weight is 450 g/mol. The first-order valence-electron chi connectivity index (χ1n) is 10.8. The number of primary amides is 2. The molecule has 0 spiro atoms. The number of carbonyl (C=O) groups excluding carboxylic acids is 4. The molecule has 6 N–H and O–H groups in total. The van der Waals surface area contributed by atoms with Crippen LogP contribution in [0.2, 0.25) is 0 Å². The Balaban J connectivity index is 1.45. The minimum Gasteiger partial charge on any atom is -0.366 e. The molecule has 4 amide bonds. The molecule has 2 aromatic rings. The van der Waals surface area contributed by atoms with E-state index in [1.807, 2.05) is 6.07 Å². The molecule has 3 heterocycles. The summed E-state index contributed by atoms with van der Waals surface area (Å²) in [4.78, 5) is 54.0. The lowest BCUT2D eigenvalue weighted by molar-refractivity contribution is -0.114. The van der Waals surface area contributed by atoms with Crippen LogP contribution in [0.3, 0.4) is 0 Å². The zero-order valence-corrected chi connectivity index (χ0v) is 18.2. The molecule has 172 valence electrons. The van der Waals surface area contributed by atoms with Gasteiger partial charge in [-0.3, -0.25) is 19.2 Å². The second-order valence-corrected chi connectivity index (χ2v) is 8.51. The van der Waals surface area contributed by atoms with E-state index in [2.05, 4.69) is 20.5 Å². The largest absolute Gasteiger partial charge is 0.366 e. The van der Waals surface area contributed by atoms with Gasteiger partial charge < -0.3 is 27.0 Å². The summed E-state index contributed by atoms with van der Waals surface area (Å²) in [5, 5.41) is 5.64. The summed E-state index contributed by atoms with van der Waals surface area (Å²) >= 11 is 0. The van der Waals surface area contributed by atoms with Gasteiger partial charge in [-0.05, 0) is 56.0 Å². The van der Waals surface area contributed by atoms with Gasteiger partial charge in [-0.1, -0.05) is 0 Å². The molecule has 2 bridgehead atoms. The summed E-state index contributed by atoms with van der Waals surface area (Å²) < 4.78 is 0. The summed E-state index contributed by atoms with van der Waals surface area (Å²) in [6.07, 6.45) is 5.01. The van der Waals surface area contributed by atoms with E-state index in [1.165, 1.54) is 31.3 Å². The van der Waals surface area contributed by atoms with Crippen LogP contribution in [0.4, 0.5) is 11.5 Å². The summed E-state index contributed by atoms with van der Waals surface area (Å²) in [5.74, 6) is -1.04. The highest BCUT2D eigenvalue weighted by Crippen LogP contribution is 2.38. The normalized spacial score (nSPS) is 21.4. The third-order valence-corrected chi connectivity index (χ3v) is 6.22. The van der Waals surface area contributed by atoms with E-state index in [1.54, 1.807) is 6.07 Å². The van der Waals surface area contributed by atoms with E-state index in [-0.39, 0.29) is 41.2 Å². The molecule has 2 aliphatic heterocycles. The van der Waals surface area contributed by atoms with Crippen LogP contribution in [0.25, 0.3) is 0 Å². The van der Waals surface area contributed by atoms with Crippen LogP contribution >= 0.6 is 0 Å². The first kappa shape index (κ1) is 22.3. The van der Waals surface area contributed by atoms with Gasteiger partial charge in [0.25, 0.3) is 11.8 Å². The Labute approximate surface area is 190 Å². The van der Waals surface area contributed by atoms with Gasteiger partial charge in [0.1, 0.15) is 5.82 Å². The number of benzene rings is 1. The van der Waals surface area contributed by atoms with Crippen LogP contribution in [0, 0.1) is 0 Å². The molecular weight excluding hydrogens is 424 g/mol. The number of rotatable bonds is 6. The van der Waals surface area contributed by atoms with Gasteiger partial charge in [-0.25, -0.2) is 4.98 Å². The van der Waals surface area contributed by atoms with Crippen molar-refractivity contribution in [2.45, 2.75) is 50.7 Å². The van der Waals surface area contributed by atoms with Crippen LogP contribution in [-0.2, 0) is 4.79 Å². The number of aromatic nitrogens is 1. The molecule has 2 unspecified atom stereocenters. The fourth-order valence-corrected chi connectivity index (χ4v) is 4.82.